The lowest BCUT2D eigenvalue weighted by Gasteiger charge is -2.35. The van der Waals surface area contributed by atoms with Crippen LogP contribution in [0.3, 0.4) is 0 Å². The van der Waals surface area contributed by atoms with E-state index in [1.807, 2.05) is 30.5 Å². The normalized spacial score (nSPS) is 14.4. The van der Waals surface area contributed by atoms with Gasteiger partial charge in [0.1, 0.15) is 5.82 Å². The van der Waals surface area contributed by atoms with Crippen molar-refractivity contribution in [1.82, 2.24) is 9.55 Å². The topological polar surface area (TPSA) is 24.3 Å². The Labute approximate surface area is 389 Å². The Kier molecular flexibility index (Phi) is 7.98. The highest BCUT2D eigenvalue weighted by molar-refractivity contribution is 6.10. The van der Waals surface area contributed by atoms with E-state index in [-0.39, 0.29) is 6.67 Å². The van der Waals surface area contributed by atoms with Crippen molar-refractivity contribution in [1.29, 1.82) is 0 Å². The minimum Gasteiger partial charge on any atom is -0.355 e. The van der Waals surface area contributed by atoms with E-state index in [9.17, 15) is 0 Å². The fraction of sp³-hybridized carbons (Fsp3) is 0.0484. The molecule has 0 atom stereocenters. The van der Waals surface area contributed by atoms with Gasteiger partial charge in [0.2, 0.25) is 0 Å². The van der Waals surface area contributed by atoms with Crippen molar-refractivity contribution in [2.24, 2.45) is 0 Å². The first-order valence-corrected chi connectivity index (χ1v) is 22.6. The Balaban J connectivity index is 1.05. The minimum atomic E-state index is -2.30. The molecule has 3 heterocycles. The molecule has 66 heavy (non-hydrogen) atoms. The average Bonchev–Trinajstić information content (AvgIpc) is 4.06. The predicted molar refractivity (Wildman–Crippen MR) is 274 cm³/mol. The van der Waals surface area contributed by atoms with Gasteiger partial charge in [-0.3, -0.25) is 4.57 Å². The molecule has 0 unspecified atom stereocenters. The zero-order chi connectivity index (χ0) is 46.3. The minimum absolute atomic E-state index is 0.209. The highest BCUT2D eigenvalue weighted by Gasteiger charge is 2.46. The SMILES string of the molecule is [2H]C([2H])([2H])N1CN(c2cccc(C3(c4ccc5c6ccccc6n(-c6cc(-c7c(-c8ccccc8)cccc7-c7ccccc7)ccn6)c5c4)c4ccccc4-c4ccccc43)c2)c2ccccc21. The van der Waals surface area contributed by atoms with Crippen LogP contribution < -0.4 is 9.80 Å². The standard InChI is InChI=1S/C62H44N4/c1-64-41-65(58-33-15-14-32-57(58)64)47-23-16-22-45(39-47)62(54-29-11-8-24-50(54)51-25-9-12-30-55(51)62)46-34-35-53-52-26-10-13-31-56(52)66(59(53)40-46)60-38-44(36-37-63-60)61-48(42-18-4-2-5-19-42)27-17-28-49(61)43-20-6-3-7-21-43/h2-40H,41H2,1H3/i1D3. The number of anilines is 3. The fourth-order valence-electron chi connectivity index (χ4n) is 11.1. The number of benzene rings is 9. The van der Waals surface area contributed by atoms with Gasteiger partial charge < -0.3 is 9.80 Å². The van der Waals surface area contributed by atoms with Crippen LogP contribution in [0.2, 0.25) is 0 Å². The summed E-state index contributed by atoms with van der Waals surface area (Å²) in [6.45, 7) is -2.09. The van der Waals surface area contributed by atoms with Crippen LogP contribution in [-0.4, -0.2) is 23.2 Å². The summed E-state index contributed by atoms with van der Waals surface area (Å²) in [4.78, 5) is 8.84. The number of fused-ring (bicyclic) bond motifs is 7. The van der Waals surface area contributed by atoms with Crippen molar-refractivity contribution < 1.29 is 4.11 Å². The summed E-state index contributed by atoms with van der Waals surface area (Å²) in [5, 5.41) is 2.29. The molecular formula is C62H44N4. The van der Waals surface area contributed by atoms with Gasteiger partial charge >= 0.3 is 0 Å². The Hall–Kier alpha value is -8.47. The number of rotatable bonds is 7. The van der Waals surface area contributed by atoms with Crippen molar-refractivity contribution in [3.05, 3.63) is 259 Å². The summed E-state index contributed by atoms with van der Waals surface area (Å²) >= 11 is 0. The second kappa shape index (κ2) is 15.1. The van der Waals surface area contributed by atoms with E-state index in [0.29, 0.717) is 5.69 Å². The van der Waals surface area contributed by atoms with Gasteiger partial charge in [-0.15, -0.1) is 0 Å². The van der Waals surface area contributed by atoms with Gasteiger partial charge in [-0.05, 0) is 115 Å². The van der Waals surface area contributed by atoms with E-state index >= 15 is 0 Å². The molecule has 1 aliphatic heterocycles. The van der Waals surface area contributed by atoms with Gasteiger partial charge in [0, 0.05) is 33.7 Å². The molecule has 13 rings (SSSR count). The van der Waals surface area contributed by atoms with Crippen LogP contribution in [0.5, 0.6) is 0 Å². The number of para-hydroxylation sites is 3. The Morgan fingerprint density at radius 3 is 1.77 bits per heavy atom. The molecule has 0 radical (unpaired) electrons. The molecule has 4 heteroatoms. The first kappa shape index (κ1) is 34.9. The summed E-state index contributed by atoms with van der Waals surface area (Å²) in [7, 11) is 0. The molecule has 1 aliphatic carbocycles. The van der Waals surface area contributed by atoms with Crippen molar-refractivity contribution >= 4 is 38.9 Å². The van der Waals surface area contributed by atoms with Crippen LogP contribution >= 0.6 is 0 Å². The third-order valence-electron chi connectivity index (χ3n) is 13.9. The van der Waals surface area contributed by atoms with Gasteiger partial charge in [-0.2, -0.15) is 0 Å². The van der Waals surface area contributed by atoms with Gasteiger partial charge in [0.25, 0.3) is 0 Å². The first-order chi connectivity index (χ1) is 33.9. The second-order valence-corrected chi connectivity index (χ2v) is 17.3. The molecule has 11 aromatic rings. The second-order valence-electron chi connectivity index (χ2n) is 17.3. The van der Waals surface area contributed by atoms with Crippen molar-refractivity contribution in [2.45, 2.75) is 5.41 Å². The molecule has 0 saturated carbocycles. The molecule has 0 amide bonds. The zero-order valence-corrected chi connectivity index (χ0v) is 36.0. The maximum atomic E-state index is 8.45. The molecule has 0 fully saturated rings. The Morgan fingerprint density at radius 2 is 1.05 bits per heavy atom. The number of pyridine rings is 1. The highest BCUT2D eigenvalue weighted by atomic mass is 15.4. The number of hydrogen-bond acceptors (Lipinski definition) is 3. The first-order valence-electron chi connectivity index (χ1n) is 24.1. The van der Waals surface area contributed by atoms with Crippen LogP contribution in [-0.2, 0) is 5.41 Å². The van der Waals surface area contributed by atoms with E-state index < -0.39 is 12.4 Å². The molecule has 2 aromatic heterocycles. The summed E-state index contributed by atoms with van der Waals surface area (Å²) in [6.07, 6.45) is 1.95. The molecule has 0 bridgehead atoms. The molecule has 312 valence electrons. The van der Waals surface area contributed by atoms with Crippen LogP contribution in [0.1, 0.15) is 26.4 Å². The van der Waals surface area contributed by atoms with Crippen molar-refractivity contribution in [3.8, 4) is 50.3 Å². The monoisotopic (exact) mass is 847 g/mol. The van der Waals surface area contributed by atoms with Gasteiger partial charge in [0.05, 0.1) is 34.5 Å². The number of hydrogen-bond donors (Lipinski definition) is 0. The average molecular weight is 848 g/mol. The Morgan fingerprint density at radius 1 is 0.455 bits per heavy atom. The van der Waals surface area contributed by atoms with E-state index in [2.05, 4.69) is 216 Å². The molecular weight excluding hydrogens is 801 g/mol. The maximum absolute atomic E-state index is 8.45. The van der Waals surface area contributed by atoms with Gasteiger partial charge in [-0.1, -0.05) is 182 Å². The smallest absolute Gasteiger partial charge is 0.138 e. The zero-order valence-electron chi connectivity index (χ0n) is 39.0. The highest BCUT2D eigenvalue weighted by Crippen LogP contribution is 2.57. The van der Waals surface area contributed by atoms with Crippen LogP contribution in [0.25, 0.3) is 72.1 Å². The molecule has 0 spiro atoms. The summed E-state index contributed by atoms with van der Waals surface area (Å²) < 4.78 is 27.7. The van der Waals surface area contributed by atoms with E-state index in [0.717, 1.165) is 83.5 Å². The lowest BCUT2D eigenvalue weighted by molar-refractivity contribution is 0.768. The third-order valence-corrected chi connectivity index (χ3v) is 13.9. The quantitative estimate of drug-likeness (QED) is 0.160. The molecule has 0 N–H and O–H groups in total. The largest absolute Gasteiger partial charge is 0.355 e. The Bertz CT molecular complexity index is 3680. The van der Waals surface area contributed by atoms with Crippen LogP contribution in [0.15, 0.2) is 237 Å². The van der Waals surface area contributed by atoms with Crippen molar-refractivity contribution in [2.75, 3.05) is 23.4 Å². The van der Waals surface area contributed by atoms with E-state index in [1.165, 1.54) is 27.2 Å². The van der Waals surface area contributed by atoms with Crippen LogP contribution in [0, 0.1) is 0 Å². The predicted octanol–water partition coefficient (Wildman–Crippen LogP) is 15.1. The number of aromatic nitrogens is 2. The van der Waals surface area contributed by atoms with E-state index in [1.54, 1.807) is 0 Å². The fourth-order valence-corrected chi connectivity index (χ4v) is 11.1. The maximum Gasteiger partial charge on any atom is 0.138 e. The third kappa shape index (κ3) is 5.68. The molecule has 2 aliphatic rings. The van der Waals surface area contributed by atoms with Crippen molar-refractivity contribution in [3.63, 3.8) is 0 Å². The lowest BCUT2D eigenvalue weighted by Crippen LogP contribution is -2.29. The summed E-state index contributed by atoms with van der Waals surface area (Å²) in [6, 6.07) is 82.1. The van der Waals surface area contributed by atoms with Crippen LogP contribution in [0.4, 0.5) is 17.1 Å². The van der Waals surface area contributed by atoms with Gasteiger partial charge in [-0.25, -0.2) is 4.98 Å². The molecule has 9 aromatic carbocycles. The van der Waals surface area contributed by atoms with E-state index in [4.69, 9.17) is 9.10 Å². The summed E-state index contributed by atoms with van der Waals surface area (Å²) in [5.41, 5.74) is 17.7. The number of nitrogens with zero attached hydrogens (tertiary/aromatic N) is 4. The van der Waals surface area contributed by atoms with Gasteiger partial charge in [0.15, 0.2) is 0 Å². The lowest BCUT2D eigenvalue weighted by atomic mass is 9.67. The molecule has 0 saturated heterocycles. The summed E-state index contributed by atoms with van der Waals surface area (Å²) in [5.74, 6) is 0.826. The molecule has 4 nitrogen and oxygen atoms in total.